The van der Waals surface area contributed by atoms with Gasteiger partial charge in [0.2, 0.25) is 0 Å². The van der Waals surface area contributed by atoms with E-state index < -0.39 is 5.82 Å². The van der Waals surface area contributed by atoms with Gasteiger partial charge in [-0.2, -0.15) is 5.10 Å². The Morgan fingerprint density at radius 1 is 1.57 bits per heavy atom. The summed E-state index contributed by atoms with van der Waals surface area (Å²) in [5, 5.41) is 7.24. The lowest BCUT2D eigenvalue weighted by molar-refractivity contribution is 0.0925. The third-order valence-electron chi connectivity index (χ3n) is 3.69. The van der Waals surface area contributed by atoms with E-state index in [2.05, 4.69) is 15.4 Å². The van der Waals surface area contributed by atoms with Gasteiger partial charge in [0.1, 0.15) is 18.2 Å². The van der Waals surface area contributed by atoms with Gasteiger partial charge in [0.15, 0.2) is 5.82 Å². The first kappa shape index (κ1) is 15.9. The molecule has 1 atom stereocenters. The van der Waals surface area contributed by atoms with Crippen LogP contribution in [0.2, 0.25) is 5.02 Å². The summed E-state index contributed by atoms with van der Waals surface area (Å²) < 4.78 is 20.2. The topological polar surface area (TPSA) is 69.0 Å². The number of benzene rings is 1. The van der Waals surface area contributed by atoms with E-state index in [1.165, 1.54) is 12.1 Å². The molecular formula is C15H16ClFN4O2. The maximum Gasteiger partial charge on any atom is 0.251 e. The molecule has 1 aromatic carbocycles. The van der Waals surface area contributed by atoms with E-state index in [-0.39, 0.29) is 22.5 Å². The van der Waals surface area contributed by atoms with E-state index in [0.29, 0.717) is 19.0 Å². The van der Waals surface area contributed by atoms with Gasteiger partial charge in [-0.05, 0) is 24.6 Å². The number of hydrogen-bond acceptors (Lipinski definition) is 4. The van der Waals surface area contributed by atoms with Gasteiger partial charge in [-0.25, -0.2) is 14.1 Å². The van der Waals surface area contributed by atoms with Crippen LogP contribution in [0, 0.1) is 5.82 Å². The van der Waals surface area contributed by atoms with Crippen molar-refractivity contribution >= 4 is 17.5 Å². The van der Waals surface area contributed by atoms with E-state index >= 15 is 0 Å². The molecular weight excluding hydrogens is 323 g/mol. The fraction of sp³-hybridized carbons (Fsp3) is 0.400. The number of ether oxygens (including phenoxy) is 1. The van der Waals surface area contributed by atoms with E-state index in [1.807, 2.05) is 0 Å². The first-order chi connectivity index (χ1) is 11.1. The van der Waals surface area contributed by atoms with E-state index in [4.69, 9.17) is 16.3 Å². The lowest BCUT2D eigenvalue weighted by atomic mass is 10.1. The molecule has 0 radical (unpaired) electrons. The van der Waals surface area contributed by atoms with Crippen molar-refractivity contribution in [1.82, 2.24) is 20.1 Å². The Labute approximate surface area is 137 Å². The highest BCUT2D eigenvalue weighted by atomic mass is 35.5. The fourth-order valence-electron chi connectivity index (χ4n) is 2.57. The predicted molar refractivity (Wildman–Crippen MR) is 81.7 cm³/mol. The second kappa shape index (κ2) is 6.64. The van der Waals surface area contributed by atoms with Crippen molar-refractivity contribution in [1.29, 1.82) is 0 Å². The highest BCUT2D eigenvalue weighted by Crippen LogP contribution is 2.17. The van der Waals surface area contributed by atoms with Gasteiger partial charge in [-0.3, -0.25) is 4.79 Å². The van der Waals surface area contributed by atoms with Crippen LogP contribution < -0.4 is 5.32 Å². The molecule has 1 amide bonds. The number of rotatable bonds is 4. The normalized spacial score (nSPS) is 16.9. The lowest BCUT2D eigenvalue weighted by Crippen LogP contribution is -2.41. The largest absolute Gasteiger partial charge is 0.377 e. The molecule has 6 nitrogen and oxygen atoms in total. The molecule has 2 heterocycles. The number of nitrogens with zero attached hydrogens (tertiary/aromatic N) is 3. The van der Waals surface area contributed by atoms with Crippen LogP contribution in [-0.4, -0.2) is 33.8 Å². The number of amides is 1. The van der Waals surface area contributed by atoms with Crippen LogP contribution in [0.1, 0.15) is 28.4 Å². The van der Waals surface area contributed by atoms with Crippen LogP contribution in [0.4, 0.5) is 4.39 Å². The highest BCUT2D eigenvalue weighted by molar-refractivity contribution is 6.30. The molecule has 1 aliphatic rings. The van der Waals surface area contributed by atoms with Crippen molar-refractivity contribution in [3.8, 4) is 0 Å². The molecule has 122 valence electrons. The smallest absolute Gasteiger partial charge is 0.251 e. The van der Waals surface area contributed by atoms with E-state index in [1.54, 1.807) is 11.8 Å². The van der Waals surface area contributed by atoms with Gasteiger partial charge in [0.25, 0.3) is 5.91 Å². The number of halogens is 2. The molecule has 3 rings (SSSR count). The van der Waals surface area contributed by atoms with Gasteiger partial charge >= 0.3 is 0 Å². The molecule has 1 aromatic heterocycles. The number of methoxy groups -OCH3 is 1. The zero-order chi connectivity index (χ0) is 16.4. The Hall–Kier alpha value is -1.99. The molecule has 1 aliphatic heterocycles. The summed E-state index contributed by atoms with van der Waals surface area (Å²) in [6.07, 6.45) is 1.48. The summed E-state index contributed by atoms with van der Waals surface area (Å²) in [6.45, 7) is 0.898. The van der Waals surface area contributed by atoms with Crippen molar-refractivity contribution in [3.63, 3.8) is 0 Å². The average Bonchev–Trinajstić information content (AvgIpc) is 2.92. The zero-order valence-corrected chi connectivity index (χ0v) is 13.3. The third kappa shape index (κ3) is 3.51. The highest BCUT2D eigenvalue weighted by Gasteiger charge is 2.23. The van der Waals surface area contributed by atoms with Crippen LogP contribution >= 0.6 is 11.6 Å². The van der Waals surface area contributed by atoms with Crippen molar-refractivity contribution in [3.05, 3.63) is 46.3 Å². The summed E-state index contributed by atoms with van der Waals surface area (Å²) >= 11 is 5.63. The van der Waals surface area contributed by atoms with Crippen LogP contribution in [0.3, 0.4) is 0 Å². The summed E-state index contributed by atoms with van der Waals surface area (Å²) in [5.41, 5.74) is 0.247. The second-order valence-corrected chi connectivity index (χ2v) is 5.80. The number of carbonyl (C=O) groups is 1. The Morgan fingerprint density at radius 2 is 2.39 bits per heavy atom. The first-order valence-corrected chi connectivity index (χ1v) is 7.62. The molecule has 0 fully saturated rings. The fourth-order valence-corrected chi connectivity index (χ4v) is 2.69. The SMILES string of the molecule is COCc1nc2n(n1)C[C@H](NC(=O)c1ccc(Cl)c(F)c1)CC2. The van der Waals surface area contributed by atoms with Crippen LogP contribution in [0.25, 0.3) is 0 Å². The van der Waals surface area contributed by atoms with Gasteiger partial charge in [0, 0.05) is 25.1 Å². The Bertz CT molecular complexity index is 734. The van der Waals surface area contributed by atoms with Crippen LogP contribution in [-0.2, 0) is 24.3 Å². The summed E-state index contributed by atoms with van der Waals surface area (Å²) in [4.78, 5) is 16.6. The zero-order valence-electron chi connectivity index (χ0n) is 12.6. The lowest BCUT2D eigenvalue weighted by Gasteiger charge is -2.23. The van der Waals surface area contributed by atoms with Gasteiger partial charge in [-0.1, -0.05) is 11.6 Å². The molecule has 2 aromatic rings. The Morgan fingerprint density at radius 3 is 3.13 bits per heavy atom. The second-order valence-electron chi connectivity index (χ2n) is 5.40. The maximum absolute atomic E-state index is 13.4. The first-order valence-electron chi connectivity index (χ1n) is 7.24. The molecule has 0 saturated carbocycles. The average molecular weight is 339 g/mol. The minimum Gasteiger partial charge on any atom is -0.377 e. The van der Waals surface area contributed by atoms with E-state index in [0.717, 1.165) is 24.7 Å². The molecule has 0 aliphatic carbocycles. The van der Waals surface area contributed by atoms with Crippen molar-refractivity contribution in [2.24, 2.45) is 0 Å². The number of aromatic nitrogens is 3. The van der Waals surface area contributed by atoms with Gasteiger partial charge < -0.3 is 10.1 Å². The summed E-state index contributed by atoms with van der Waals surface area (Å²) in [5.74, 6) is 0.589. The number of carbonyl (C=O) groups excluding carboxylic acids is 1. The standard InChI is InChI=1S/C15H16ClFN4O2/c1-23-8-13-19-14-5-3-10(7-21(14)20-13)18-15(22)9-2-4-11(16)12(17)6-9/h2,4,6,10H,3,5,7-8H2,1H3,(H,18,22)/t10-/m1/s1. The molecule has 0 saturated heterocycles. The molecule has 23 heavy (non-hydrogen) atoms. The Balaban J connectivity index is 1.66. The number of fused-ring (bicyclic) bond motifs is 1. The quantitative estimate of drug-likeness (QED) is 0.925. The summed E-state index contributed by atoms with van der Waals surface area (Å²) in [7, 11) is 1.59. The monoisotopic (exact) mass is 338 g/mol. The molecule has 1 N–H and O–H groups in total. The number of hydrogen-bond donors (Lipinski definition) is 1. The van der Waals surface area contributed by atoms with Crippen LogP contribution in [0.15, 0.2) is 18.2 Å². The minimum absolute atomic E-state index is 0.00264. The third-order valence-corrected chi connectivity index (χ3v) is 4.00. The number of nitrogens with one attached hydrogen (secondary N) is 1. The molecule has 0 unspecified atom stereocenters. The van der Waals surface area contributed by atoms with Crippen molar-refractivity contribution < 1.29 is 13.9 Å². The predicted octanol–water partition coefficient (Wildman–Crippen LogP) is 1.96. The molecule has 0 spiro atoms. The van der Waals surface area contributed by atoms with E-state index in [9.17, 15) is 9.18 Å². The van der Waals surface area contributed by atoms with Crippen molar-refractivity contribution in [2.75, 3.05) is 7.11 Å². The Kier molecular flexibility index (Phi) is 4.58. The molecule has 0 bridgehead atoms. The van der Waals surface area contributed by atoms with Crippen molar-refractivity contribution in [2.45, 2.75) is 32.0 Å². The van der Waals surface area contributed by atoms with Gasteiger partial charge in [0.05, 0.1) is 11.6 Å². The maximum atomic E-state index is 13.4. The molecule has 8 heteroatoms. The van der Waals surface area contributed by atoms with Crippen LogP contribution in [0.5, 0.6) is 0 Å². The number of aryl methyl sites for hydroxylation is 1. The summed E-state index contributed by atoms with van der Waals surface area (Å²) in [6, 6.07) is 3.93. The van der Waals surface area contributed by atoms with Gasteiger partial charge in [-0.15, -0.1) is 0 Å². The minimum atomic E-state index is -0.606.